The van der Waals surface area contributed by atoms with Crippen molar-refractivity contribution in [2.75, 3.05) is 13.1 Å². The van der Waals surface area contributed by atoms with Crippen molar-refractivity contribution in [1.29, 1.82) is 0 Å². The average molecular weight is 478 g/mol. The molecule has 7 heteroatoms. The number of imidazole rings is 1. The summed E-state index contributed by atoms with van der Waals surface area (Å²) in [5, 5.41) is 11.1. The highest BCUT2D eigenvalue weighted by Crippen LogP contribution is 2.36. The average Bonchev–Trinajstić information content (AvgIpc) is 3.30. The van der Waals surface area contributed by atoms with Crippen molar-refractivity contribution < 1.29 is 18.3 Å². The summed E-state index contributed by atoms with van der Waals surface area (Å²) < 4.78 is 38.7. The Kier molecular flexibility index (Phi) is 6.21. The molecular weight excluding hydrogens is 451 g/mol. The van der Waals surface area contributed by atoms with Crippen LogP contribution in [0.1, 0.15) is 29.8 Å². The Bertz CT molecular complexity index is 1200. The van der Waals surface area contributed by atoms with Crippen LogP contribution >= 0.6 is 0 Å². The Labute approximate surface area is 202 Å². The van der Waals surface area contributed by atoms with Crippen molar-refractivity contribution in [1.82, 2.24) is 14.9 Å². The highest BCUT2D eigenvalue weighted by Gasteiger charge is 2.36. The lowest BCUT2D eigenvalue weighted by Gasteiger charge is -2.38. The van der Waals surface area contributed by atoms with Crippen molar-refractivity contribution in [3.8, 4) is 22.5 Å². The largest absolute Gasteiger partial charge is 0.416 e. The van der Waals surface area contributed by atoms with E-state index in [1.165, 1.54) is 12.1 Å². The van der Waals surface area contributed by atoms with Gasteiger partial charge in [0, 0.05) is 24.2 Å². The number of hydrogen-bond donors (Lipinski definition) is 2. The topological polar surface area (TPSA) is 52.1 Å². The molecule has 3 aromatic carbocycles. The molecule has 1 aliphatic rings. The smallest absolute Gasteiger partial charge is 0.385 e. The Balaban J connectivity index is 1.32. The number of aliphatic hydroxyl groups is 1. The number of nitrogens with one attached hydrogen (secondary N) is 1. The summed E-state index contributed by atoms with van der Waals surface area (Å²) in [6.45, 7) is 1.81. The first-order valence-corrected chi connectivity index (χ1v) is 11.6. The maximum Gasteiger partial charge on any atom is 0.416 e. The van der Waals surface area contributed by atoms with Crippen LogP contribution in [0, 0.1) is 0 Å². The highest BCUT2D eigenvalue weighted by molar-refractivity contribution is 5.78. The molecule has 35 heavy (non-hydrogen) atoms. The van der Waals surface area contributed by atoms with Crippen LogP contribution in [0.5, 0.6) is 0 Å². The van der Waals surface area contributed by atoms with Gasteiger partial charge in [-0.05, 0) is 30.5 Å². The van der Waals surface area contributed by atoms with Crippen molar-refractivity contribution in [2.24, 2.45) is 0 Å². The molecule has 0 saturated carbocycles. The first kappa shape index (κ1) is 23.3. The summed E-state index contributed by atoms with van der Waals surface area (Å²) in [7, 11) is 0. The minimum atomic E-state index is -4.38. The fraction of sp³-hybridized carbons (Fsp3) is 0.250. The Morgan fingerprint density at radius 2 is 1.40 bits per heavy atom. The number of hydrogen-bond acceptors (Lipinski definition) is 3. The van der Waals surface area contributed by atoms with E-state index in [1.807, 2.05) is 48.5 Å². The summed E-state index contributed by atoms with van der Waals surface area (Å²) in [5.41, 5.74) is 2.64. The SMILES string of the molecule is OC1(c2ccc(C(F)(F)F)cc2)CCN(Cc2nc(-c3ccccc3)c(-c3ccccc3)[nH]2)CC1. The van der Waals surface area contributed by atoms with E-state index in [9.17, 15) is 18.3 Å². The molecule has 1 aromatic heterocycles. The fourth-order valence-electron chi connectivity index (χ4n) is 4.67. The molecule has 0 atom stereocenters. The normalized spacial score (nSPS) is 16.3. The molecule has 0 amide bonds. The monoisotopic (exact) mass is 477 g/mol. The van der Waals surface area contributed by atoms with Gasteiger partial charge in [0.05, 0.1) is 29.1 Å². The number of rotatable bonds is 5. The summed E-state index contributed by atoms with van der Waals surface area (Å²) in [6.07, 6.45) is -3.50. The molecule has 0 spiro atoms. The molecule has 5 rings (SSSR count). The van der Waals surface area contributed by atoms with E-state index in [4.69, 9.17) is 4.98 Å². The molecule has 1 fully saturated rings. The number of benzene rings is 3. The first-order valence-electron chi connectivity index (χ1n) is 11.6. The molecule has 0 radical (unpaired) electrons. The summed E-state index contributed by atoms with van der Waals surface area (Å²) in [5.74, 6) is 0.836. The molecule has 2 N–H and O–H groups in total. The maximum atomic E-state index is 12.9. The van der Waals surface area contributed by atoms with Crippen molar-refractivity contribution >= 4 is 0 Å². The quantitative estimate of drug-likeness (QED) is 0.357. The number of piperidine rings is 1. The molecule has 4 aromatic rings. The van der Waals surface area contributed by atoms with Gasteiger partial charge in [0.2, 0.25) is 0 Å². The summed E-state index contributed by atoms with van der Waals surface area (Å²) in [4.78, 5) is 10.6. The molecule has 2 heterocycles. The van der Waals surface area contributed by atoms with Crippen LogP contribution in [0.2, 0.25) is 0 Å². The van der Waals surface area contributed by atoms with Gasteiger partial charge in [-0.15, -0.1) is 0 Å². The van der Waals surface area contributed by atoms with Gasteiger partial charge in [-0.1, -0.05) is 72.8 Å². The number of alkyl halides is 3. The van der Waals surface area contributed by atoms with Gasteiger partial charge in [0.1, 0.15) is 5.82 Å². The van der Waals surface area contributed by atoms with Crippen molar-refractivity contribution in [3.63, 3.8) is 0 Å². The zero-order valence-corrected chi connectivity index (χ0v) is 19.1. The van der Waals surface area contributed by atoms with Crippen molar-refractivity contribution in [2.45, 2.75) is 31.2 Å². The van der Waals surface area contributed by atoms with E-state index in [-0.39, 0.29) is 0 Å². The summed E-state index contributed by atoms with van der Waals surface area (Å²) >= 11 is 0. The highest BCUT2D eigenvalue weighted by atomic mass is 19.4. The zero-order valence-electron chi connectivity index (χ0n) is 19.1. The van der Waals surface area contributed by atoms with E-state index in [2.05, 4.69) is 22.0 Å². The molecular formula is C28H26F3N3O. The number of likely N-dealkylation sites (tertiary alicyclic amines) is 1. The van der Waals surface area contributed by atoms with Gasteiger partial charge < -0.3 is 10.1 Å². The minimum Gasteiger partial charge on any atom is -0.385 e. The van der Waals surface area contributed by atoms with Crippen LogP contribution in [0.15, 0.2) is 84.9 Å². The lowest BCUT2D eigenvalue weighted by Crippen LogP contribution is -2.42. The lowest BCUT2D eigenvalue weighted by molar-refractivity contribution is -0.137. The number of nitrogens with zero attached hydrogens (tertiary/aromatic N) is 2. The van der Waals surface area contributed by atoms with Crippen molar-refractivity contribution in [3.05, 3.63) is 102 Å². The molecule has 4 nitrogen and oxygen atoms in total. The van der Waals surface area contributed by atoms with Gasteiger partial charge in [-0.3, -0.25) is 4.90 Å². The number of halogens is 3. The van der Waals surface area contributed by atoms with Gasteiger partial charge in [0.25, 0.3) is 0 Å². The summed E-state index contributed by atoms with van der Waals surface area (Å²) in [6, 6.07) is 25.0. The number of aromatic amines is 1. The molecule has 1 aliphatic heterocycles. The number of H-pyrrole nitrogens is 1. The predicted octanol–water partition coefficient (Wildman–Crippen LogP) is 6.25. The Morgan fingerprint density at radius 3 is 1.97 bits per heavy atom. The van der Waals surface area contributed by atoms with E-state index in [1.54, 1.807) is 0 Å². The van der Waals surface area contributed by atoms with E-state index < -0.39 is 17.3 Å². The fourth-order valence-corrected chi connectivity index (χ4v) is 4.67. The van der Waals surface area contributed by atoms with E-state index >= 15 is 0 Å². The van der Waals surface area contributed by atoms with Gasteiger partial charge in [-0.25, -0.2) is 4.98 Å². The van der Waals surface area contributed by atoms with Gasteiger partial charge >= 0.3 is 6.18 Å². The number of aromatic nitrogens is 2. The molecule has 0 unspecified atom stereocenters. The zero-order chi connectivity index (χ0) is 24.5. The van der Waals surface area contributed by atoms with E-state index in [0.29, 0.717) is 38.0 Å². The standard InChI is InChI=1S/C28H26F3N3O/c29-28(30,31)23-13-11-22(12-14-23)27(35)15-17-34(18-16-27)19-24-32-25(20-7-3-1-4-8-20)26(33-24)21-9-5-2-6-10-21/h1-14,35H,15-19H2,(H,32,33). The van der Waals surface area contributed by atoms with Crippen LogP contribution in [-0.2, 0) is 18.3 Å². The molecule has 180 valence electrons. The van der Waals surface area contributed by atoms with Crippen LogP contribution in [0.3, 0.4) is 0 Å². The molecule has 0 aliphatic carbocycles. The maximum absolute atomic E-state index is 12.9. The predicted molar refractivity (Wildman–Crippen MR) is 129 cm³/mol. The molecule has 0 bridgehead atoms. The van der Waals surface area contributed by atoms with E-state index in [0.717, 1.165) is 40.5 Å². The van der Waals surface area contributed by atoms with Gasteiger partial charge in [-0.2, -0.15) is 13.2 Å². The third-order valence-electron chi connectivity index (χ3n) is 6.67. The third-order valence-corrected chi connectivity index (χ3v) is 6.67. The minimum absolute atomic E-state index is 0.441. The second-order valence-electron chi connectivity index (χ2n) is 9.02. The van der Waals surface area contributed by atoms with Crippen LogP contribution in [0.4, 0.5) is 13.2 Å². The lowest BCUT2D eigenvalue weighted by atomic mass is 9.84. The Morgan fingerprint density at radius 1 is 0.829 bits per heavy atom. The van der Waals surface area contributed by atoms with Crippen LogP contribution in [0.25, 0.3) is 22.5 Å². The molecule has 1 saturated heterocycles. The second kappa shape index (κ2) is 9.32. The Hall–Kier alpha value is -3.42. The second-order valence-corrected chi connectivity index (χ2v) is 9.02. The first-order chi connectivity index (χ1) is 16.8. The van der Waals surface area contributed by atoms with Crippen LogP contribution in [-0.4, -0.2) is 33.1 Å². The van der Waals surface area contributed by atoms with Gasteiger partial charge in [0.15, 0.2) is 0 Å². The van der Waals surface area contributed by atoms with Crippen LogP contribution < -0.4 is 0 Å². The third kappa shape index (κ3) is 5.01.